The summed E-state index contributed by atoms with van der Waals surface area (Å²) in [4.78, 5) is 11.2. The van der Waals surface area contributed by atoms with Crippen LogP contribution in [0.2, 0.25) is 0 Å². The summed E-state index contributed by atoms with van der Waals surface area (Å²) < 4.78 is 0. The number of benzene rings is 4. The zero-order valence-electron chi connectivity index (χ0n) is 17.4. The van der Waals surface area contributed by atoms with Gasteiger partial charge in [0.15, 0.2) is 0 Å². The van der Waals surface area contributed by atoms with E-state index in [1.54, 1.807) is 12.1 Å². The molecule has 2 nitrogen and oxygen atoms in total. The van der Waals surface area contributed by atoms with E-state index in [1.165, 1.54) is 27.8 Å². The molecule has 2 heteroatoms. The summed E-state index contributed by atoms with van der Waals surface area (Å²) in [7, 11) is 0. The Kier molecular flexibility index (Phi) is 5.24. The van der Waals surface area contributed by atoms with Gasteiger partial charge < -0.3 is 5.11 Å². The first-order valence-electron chi connectivity index (χ1n) is 10.0. The second-order valence-electron chi connectivity index (χ2n) is 7.81. The number of carbonyl (C=O) groups is 1. The number of aromatic carboxylic acids is 1. The summed E-state index contributed by atoms with van der Waals surface area (Å²) >= 11 is 0. The van der Waals surface area contributed by atoms with Crippen molar-refractivity contribution < 1.29 is 9.90 Å². The molecule has 0 aliphatic heterocycles. The van der Waals surface area contributed by atoms with Crippen molar-refractivity contribution in [3.63, 3.8) is 0 Å². The Labute approximate surface area is 177 Å². The molecule has 0 aliphatic rings. The Morgan fingerprint density at radius 3 is 1.40 bits per heavy atom. The summed E-state index contributed by atoms with van der Waals surface area (Å²) in [6.07, 6.45) is 0. The molecule has 0 spiro atoms. The minimum Gasteiger partial charge on any atom is -0.478 e. The van der Waals surface area contributed by atoms with E-state index in [-0.39, 0.29) is 0 Å². The highest BCUT2D eigenvalue weighted by atomic mass is 16.4. The third-order valence-electron chi connectivity index (χ3n) is 5.60. The Morgan fingerprint density at radius 1 is 0.567 bits per heavy atom. The third kappa shape index (κ3) is 3.90. The molecule has 4 rings (SSSR count). The molecule has 0 heterocycles. The molecular weight excluding hydrogens is 368 g/mol. The van der Waals surface area contributed by atoms with Crippen molar-refractivity contribution in [1.29, 1.82) is 0 Å². The average Bonchev–Trinajstić information content (AvgIpc) is 2.75. The second kappa shape index (κ2) is 8.00. The van der Waals surface area contributed by atoms with E-state index in [4.69, 9.17) is 0 Å². The summed E-state index contributed by atoms with van der Waals surface area (Å²) in [6.45, 7) is 6.31. The van der Waals surface area contributed by atoms with Crippen LogP contribution in [0.4, 0.5) is 0 Å². The molecule has 0 atom stereocenters. The van der Waals surface area contributed by atoms with Crippen molar-refractivity contribution in [1.82, 2.24) is 0 Å². The molecule has 4 aromatic carbocycles. The van der Waals surface area contributed by atoms with E-state index >= 15 is 0 Å². The largest absolute Gasteiger partial charge is 0.478 e. The van der Waals surface area contributed by atoms with E-state index in [0.29, 0.717) is 5.56 Å². The van der Waals surface area contributed by atoms with Gasteiger partial charge in [0.25, 0.3) is 0 Å². The van der Waals surface area contributed by atoms with Gasteiger partial charge in [-0.1, -0.05) is 71.8 Å². The van der Waals surface area contributed by atoms with E-state index in [2.05, 4.69) is 81.4 Å². The molecule has 0 aliphatic carbocycles. The monoisotopic (exact) mass is 392 g/mol. The number of aryl methyl sites for hydroxylation is 2. The number of rotatable bonds is 4. The van der Waals surface area contributed by atoms with Crippen LogP contribution < -0.4 is 0 Å². The van der Waals surface area contributed by atoms with Gasteiger partial charge in [-0.25, -0.2) is 4.79 Å². The summed E-state index contributed by atoms with van der Waals surface area (Å²) in [5.74, 6) is -0.910. The highest BCUT2D eigenvalue weighted by Gasteiger charge is 2.13. The lowest BCUT2D eigenvalue weighted by molar-refractivity contribution is 0.0697. The van der Waals surface area contributed by atoms with Crippen LogP contribution in [-0.4, -0.2) is 11.1 Å². The van der Waals surface area contributed by atoms with Gasteiger partial charge in [0, 0.05) is 0 Å². The SMILES string of the molecule is Cc1ccc(-c2cc(-c3ccc(C)cc3)c(C)c(-c3ccc(C(=O)O)cc3)c2)cc1. The lowest BCUT2D eigenvalue weighted by Crippen LogP contribution is -1.96. The zero-order chi connectivity index (χ0) is 21.3. The van der Waals surface area contributed by atoms with Crippen molar-refractivity contribution in [3.05, 3.63) is 107 Å². The summed E-state index contributed by atoms with van der Waals surface area (Å²) in [5.41, 5.74) is 10.7. The minimum absolute atomic E-state index is 0.296. The molecule has 30 heavy (non-hydrogen) atoms. The van der Waals surface area contributed by atoms with Gasteiger partial charge in [-0.15, -0.1) is 0 Å². The average molecular weight is 392 g/mol. The lowest BCUT2D eigenvalue weighted by atomic mass is 9.88. The van der Waals surface area contributed by atoms with E-state index in [9.17, 15) is 9.90 Å². The summed E-state index contributed by atoms with van der Waals surface area (Å²) in [5, 5.41) is 9.23. The first-order valence-corrected chi connectivity index (χ1v) is 10.0. The highest BCUT2D eigenvalue weighted by Crippen LogP contribution is 2.37. The van der Waals surface area contributed by atoms with E-state index < -0.39 is 5.97 Å². The molecule has 0 saturated carbocycles. The van der Waals surface area contributed by atoms with Gasteiger partial charge in [-0.2, -0.15) is 0 Å². The lowest BCUT2D eigenvalue weighted by Gasteiger charge is -2.16. The molecule has 148 valence electrons. The zero-order valence-corrected chi connectivity index (χ0v) is 17.4. The maximum atomic E-state index is 11.2. The predicted octanol–water partition coefficient (Wildman–Crippen LogP) is 7.31. The van der Waals surface area contributed by atoms with Crippen molar-refractivity contribution in [2.45, 2.75) is 20.8 Å². The Morgan fingerprint density at radius 2 is 0.967 bits per heavy atom. The van der Waals surface area contributed by atoms with E-state index in [0.717, 1.165) is 22.3 Å². The van der Waals surface area contributed by atoms with Crippen LogP contribution in [0.15, 0.2) is 84.9 Å². The molecule has 0 amide bonds. The summed E-state index contributed by atoms with van der Waals surface area (Å²) in [6, 6.07) is 28.7. The second-order valence-corrected chi connectivity index (χ2v) is 7.81. The van der Waals surface area contributed by atoms with Gasteiger partial charge in [0.05, 0.1) is 5.56 Å². The van der Waals surface area contributed by atoms with Gasteiger partial charge in [-0.3, -0.25) is 0 Å². The molecule has 0 saturated heterocycles. The first kappa shape index (κ1) is 19.7. The maximum absolute atomic E-state index is 11.2. The number of carboxylic acids is 1. The first-order chi connectivity index (χ1) is 14.4. The van der Waals surface area contributed by atoms with Crippen LogP contribution in [-0.2, 0) is 0 Å². The maximum Gasteiger partial charge on any atom is 0.335 e. The standard InChI is InChI=1S/C28H24O2/c1-18-4-8-21(9-5-18)25-16-26(22-10-6-19(2)7-11-22)20(3)27(17-25)23-12-14-24(15-13-23)28(29)30/h4-17H,1-3H3,(H,29,30). The fraction of sp³-hybridized carbons (Fsp3) is 0.107. The van der Waals surface area contributed by atoms with Crippen LogP contribution in [0.1, 0.15) is 27.0 Å². The number of hydrogen-bond acceptors (Lipinski definition) is 1. The van der Waals surface area contributed by atoms with Gasteiger partial charge in [0.2, 0.25) is 0 Å². The van der Waals surface area contributed by atoms with Crippen molar-refractivity contribution in [2.24, 2.45) is 0 Å². The minimum atomic E-state index is -0.910. The highest BCUT2D eigenvalue weighted by molar-refractivity contribution is 5.89. The molecule has 0 radical (unpaired) electrons. The molecule has 1 N–H and O–H groups in total. The fourth-order valence-corrected chi connectivity index (χ4v) is 3.75. The number of carboxylic acid groups (broad SMARTS) is 1. The van der Waals surface area contributed by atoms with Crippen LogP contribution in [0.3, 0.4) is 0 Å². The van der Waals surface area contributed by atoms with Crippen molar-refractivity contribution >= 4 is 5.97 Å². The molecule has 0 aromatic heterocycles. The molecular formula is C28H24O2. The Hall–Kier alpha value is -3.65. The molecule has 0 bridgehead atoms. The van der Waals surface area contributed by atoms with Gasteiger partial charge in [0.1, 0.15) is 0 Å². The smallest absolute Gasteiger partial charge is 0.335 e. The van der Waals surface area contributed by atoms with Gasteiger partial charge in [-0.05, 0) is 84.0 Å². The predicted molar refractivity (Wildman–Crippen MR) is 124 cm³/mol. The van der Waals surface area contributed by atoms with Crippen molar-refractivity contribution in [2.75, 3.05) is 0 Å². The number of hydrogen-bond donors (Lipinski definition) is 1. The van der Waals surface area contributed by atoms with Gasteiger partial charge >= 0.3 is 5.97 Å². The quantitative estimate of drug-likeness (QED) is 0.395. The van der Waals surface area contributed by atoms with Crippen LogP contribution >= 0.6 is 0 Å². The normalized spacial score (nSPS) is 10.8. The topological polar surface area (TPSA) is 37.3 Å². The Balaban J connectivity index is 1.92. The van der Waals surface area contributed by atoms with Crippen LogP contribution in [0.25, 0.3) is 33.4 Å². The Bertz CT molecular complexity index is 1200. The molecule has 0 fully saturated rings. The molecule has 4 aromatic rings. The van der Waals surface area contributed by atoms with Crippen molar-refractivity contribution in [3.8, 4) is 33.4 Å². The fourth-order valence-electron chi connectivity index (χ4n) is 3.75. The van der Waals surface area contributed by atoms with Crippen LogP contribution in [0.5, 0.6) is 0 Å². The molecule has 0 unspecified atom stereocenters. The van der Waals surface area contributed by atoms with E-state index in [1.807, 2.05) is 12.1 Å². The third-order valence-corrected chi connectivity index (χ3v) is 5.60. The van der Waals surface area contributed by atoms with Crippen LogP contribution in [0, 0.1) is 20.8 Å².